The van der Waals surface area contributed by atoms with E-state index in [9.17, 15) is 8.78 Å². The van der Waals surface area contributed by atoms with Crippen LogP contribution in [0.5, 0.6) is 0 Å². The summed E-state index contributed by atoms with van der Waals surface area (Å²) in [5, 5.41) is 3.30. The van der Waals surface area contributed by atoms with Crippen LogP contribution in [0.2, 0.25) is 0 Å². The molecule has 0 aliphatic rings. The Hall–Kier alpha value is -0.610. The van der Waals surface area contributed by atoms with Crippen molar-refractivity contribution in [1.82, 2.24) is 5.32 Å². The summed E-state index contributed by atoms with van der Waals surface area (Å²) in [6.07, 6.45) is -2.25. The zero-order valence-electron chi connectivity index (χ0n) is 9.54. The van der Waals surface area contributed by atoms with E-state index in [2.05, 4.69) is 19.2 Å². The maximum Gasteiger partial charge on any atom is 0.247 e. The van der Waals surface area contributed by atoms with Gasteiger partial charge in [0.05, 0.1) is 5.75 Å². The molecule has 0 fully saturated rings. The zero-order valence-corrected chi connectivity index (χ0v) is 10.4. The van der Waals surface area contributed by atoms with Crippen molar-refractivity contribution in [2.24, 2.45) is 0 Å². The molecule has 0 spiro atoms. The molecule has 0 radical (unpaired) electrons. The Kier molecular flexibility index (Phi) is 5.77. The lowest BCUT2D eigenvalue weighted by Crippen LogP contribution is -2.17. The lowest BCUT2D eigenvalue weighted by atomic mass is 10.1. The average Bonchev–Trinajstić information content (AvgIpc) is 2.27. The van der Waals surface area contributed by atoms with Gasteiger partial charge in [-0.1, -0.05) is 19.1 Å². The smallest absolute Gasteiger partial charge is 0.247 e. The van der Waals surface area contributed by atoms with Crippen LogP contribution in [0.3, 0.4) is 0 Å². The molecule has 16 heavy (non-hydrogen) atoms. The fourth-order valence-corrected chi connectivity index (χ4v) is 2.08. The Morgan fingerprint density at radius 3 is 2.38 bits per heavy atom. The summed E-state index contributed by atoms with van der Waals surface area (Å²) >= 11 is 1.19. The van der Waals surface area contributed by atoms with Crippen LogP contribution >= 0.6 is 11.8 Å². The van der Waals surface area contributed by atoms with E-state index in [0.29, 0.717) is 6.04 Å². The van der Waals surface area contributed by atoms with Crippen LogP contribution < -0.4 is 5.32 Å². The Bertz CT molecular complexity index is 300. The minimum Gasteiger partial charge on any atom is -0.310 e. The first-order valence-electron chi connectivity index (χ1n) is 5.37. The summed E-state index contributed by atoms with van der Waals surface area (Å²) in [7, 11) is 0. The van der Waals surface area contributed by atoms with Gasteiger partial charge in [0, 0.05) is 10.9 Å². The maximum atomic E-state index is 12.0. The monoisotopic (exact) mass is 245 g/mol. The highest BCUT2D eigenvalue weighted by Gasteiger charge is 2.05. The van der Waals surface area contributed by atoms with Crippen LogP contribution in [0.15, 0.2) is 29.2 Å². The summed E-state index contributed by atoms with van der Waals surface area (Å²) in [4.78, 5) is 0.896. The van der Waals surface area contributed by atoms with Gasteiger partial charge in [-0.2, -0.15) is 0 Å². The molecule has 90 valence electrons. The molecule has 4 heteroatoms. The van der Waals surface area contributed by atoms with Gasteiger partial charge in [-0.15, -0.1) is 11.8 Å². The van der Waals surface area contributed by atoms with Gasteiger partial charge in [-0.3, -0.25) is 0 Å². The number of thioether (sulfide) groups is 1. The van der Waals surface area contributed by atoms with E-state index in [0.717, 1.165) is 11.4 Å². The first kappa shape index (κ1) is 13.5. The fraction of sp³-hybridized carbons (Fsp3) is 0.500. The van der Waals surface area contributed by atoms with E-state index in [1.165, 1.54) is 17.3 Å². The molecule has 0 saturated heterocycles. The third-order valence-electron chi connectivity index (χ3n) is 2.27. The summed E-state index contributed by atoms with van der Waals surface area (Å²) in [6, 6.07) is 8.08. The molecule has 0 heterocycles. The number of nitrogens with one attached hydrogen (secondary N) is 1. The second kappa shape index (κ2) is 6.86. The molecule has 0 amide bonds. The molecule has 1 aromatic rings. The molecule has 1 aromatic carbocycles. The van der Waals surface area contributed by atoms with Crippen LogP contribution in [0.4, 0.5) is 8.78 Å². The van der Waals surface area contributed by atoms with E-state index < -0.39 is 6.43 Å². The summed E-state index contributed by atoms with van der Waals surface area (Å²) in [5.74, 6) is -0.137. The summed E-state index contributed by atoms with van der Waals surface area (Å²) in [6.45, 7) is 5.07. The third-order valence-corrected chi connectivity index (χ3v) is 3.29. The van der Waals surface area contributed by atoms with Gasteiger partial charge in [-0.05, 0) is 31.2 Å². The largest absolute Gasteiger partial charge is 0.310 e. The number of rotatable bonds is 6. The van der Waals surface area contributed by atoms with Gasteiger partial charge in [0.1, 0.15) is 0 Å². The number of benzene rings is 1. The number of hydrogen-bond donors (Lipinski definition) is 1. The normalized spacial score (nSPS) is 13.1. The molecule has 1 unspecified atom stereocenters. The second-order valence-corrected chi connectivity index (χ2v) is 4.64. The average molecular weight is 245 g/mol. The first-order chi connectivity index (χ1) is 7.63. The van der Waals surface area contributed by atoms with Crippen molar-refractivity contribution in [2.75, 3.05) is 12.3 Å². The van der Waals surface area contributed by atoms with Crippen LogP contribution in [-0.4, -0.2) is 18.7 Å². The Morgan fingerprint density at radius 2 is 1.88 bits per heavy atom. The van der Waals surface area contributed by atoms with Crippen LogP contribution in [0.25, 0.3) is 0 Å². The predicted molar refractivity (Wildman–Crippen MR) is 65.3 cm³/mol. The Balaban J connectivity index is 2.53. The second-order valence-electron chi connectivity index (χ2n) is 3.55. The van der Waals surface area contributed by atoms with Crippen molar-refractivity contribution in [2.45, 2.75) is 31.2 Å². The summed E-state index contributed by atoms with van der Waals surface area (Å²) < 4.78 is 24.0. The van der Waals surface area contributed by atoms with E-state index >= 15 is 0 Å². The Morgan fingerprint density at radius 1 is 1.25 bits per heavy atom. The van der Waals surface area contributed by atoms with Gasteiger partial charge in [0.15, 0.2) is 0 Å². The highest BCUT2D eigenvalue weighted by molar-refractivity contribution is 7.99. The van der Waals surface area contributed by atoms with Crippen LogP contribution in [0.1, 0.15) is 25.5 Å². The topological polar surface area (TPSA) is 12.0 Å². The molecule has 1 atom stereocenters. The molecule has 1 N–H and O–H groups in total. The van der Waals surface area contributed by atoms with Gasteiger partial charge in [0.2, 0.25) is 6.43 Å². The lowest BCUT2D eigenvalue weighted by molar-refractivity contribution is 0.177. The van der Waals surface area contributed by atoms with Crippen LogP contribution in [-0.2, 0) is 0 Å². The number of hydrogen-bond acceptors (Lipinski definition) is 2. The molecule has 0 aliphatic carbocycles. The molecular weight excluding hydrogens is 228 g/mol. The van der Waals surface area contributed by atoms with E-state index in [1.807, 2.05) is 24.3 Å². The number of alkyl halides is 2. The zero-order chi connectivity index (χ0) is 12.0. The standard InChI is InChI=1S/C12H17F2NS/c1-3-15-9(2)10-4-6-11(7-5-10)16-8-12(13)14/h4-7,9,12,15H,3,8H2,1-2H3. The fourth-order valence-electron chi connectivity index (χ4n) is 1.44. The van der Waals surface area contributed by atoms with E-state index in [1.54, 1.807) is 0 Å². The lowest BCUT2D eigenvalue weighted by Gasteiger charge is -2.12. The van der Waals surface area contributed by atoms with Crippen molar-refractivity contribution >= 4 is 11.8 Å². The third kappa shape index (κ3) is 4.49. The molecule has 0 saturated carbocycles. The summed E-state index contributed by atoms with van der Waals surface area (Å²) in [5.41, 5.74) is 1.18. The van der Waals surface area contributed by atoms with Crippen molar-refractivity contribution < 1.29 is 8.78 Å². The van der Waals surface area contributed by atoms with Crippen molar-refractivity contribution in [3.8, 4) is 0 Å². The van der Waals surface area contributed by atoms with E-state index in [-0.39, 0.29) is 5.75 Å². The van der Waals surface area contributed by atoms with E-state index in [4.69, 9.17) is 0 Å². The van der Waals surface area contributed by atoms with Gasteiger partial charge < -0.3 is 5.32 Å². The quantitative estimate of drug-likeness (QED) is 0.767. The predicted octanol–water partition coefficient (Wildman–Crippen LogP) is 3.71. The highest BCUT2D eigenvalue weighted by atomic mass is 32.2. The number of halogens is 2. The van der Waals surface area contributed by atoms with Crippen molar-refractivity contribution in [1.29, 1.82) is 0 Å². The maximum absolute atomic E-state index is 12.0. The minimum absolute atomic E-state index is 0.137. The van der Waals surface area contributed by atoms with Crippen molar-refractivity contribution in [3.63, 3.8) is 0 Å². The molecule has 0 aliphatic heterocycles. The minimum atomic E-state index is -2.25. The van der Waals surface area contributed by atoms with Crippen LogP contribution in [0, 0.1) is 0 Å². The highest BCUT2D eigenvalue weighted by Crippen LogP contribution is 2.22. The molecule has 0 aromatic heterocycles. The SMILES string of the molecule is CCNC(C)c1ccc(SCC(F)F)cc1. The first-order valence-corrected chi connectivity index (χ1v) is 6.36. The molecule has 1 rings (SSSR count). The molecule has 0 bridgehead atoms. The molecular formula is C12H17F2NS. The molecule has 1 nitrogen and oxygen atoms in total. The Labute approximate surface area is 99.6 Å². The van der Waals surface area contributed by atoms with Gasteiger partial charge >= 0.3 is 0 Å². The van der Waals surface area contributed by atoms with Gasteiger partial charge in [-0.25, -0.2) is 8.78 Å². The van der Waals surface area contributed by atoms with Crippen molar-refractivity contribution in [3.05, 3.63) is 29.8 Å². The van der Waals surface area contributed by atoms with Gasteiger partial charge in [0.25, 0.3) is 0 Å².